The van der Waals surface area contributed by atoms with Crippen LogP contribution in [0.3, 0.4) is 0 Å². The summed E-state index contributed by atoms with van der Waals surface area (Å²) in [4.78, 5) is 2.62. The van der Waals surface area contributed by atoms with E-state index in [1.807, 2.05) is 12.1 Å². The van der Waals surface area contributed by atoms with Crippen LogP contribution in [0.1, 0.15) is 62.5 Å². The Kier molecular flexibility index (Phi) is 3.45. The van der Waals surface area contributed by atoms with Crippen molar-refractivity contribution in [2.75, 3.05) is 13.1 Å². The lowest BCUT2D eigenvalue weighted by Gasteiger charge is -2.47. The average molecular weight is 329 g/mol. The maximum Gasteiger partial charge on any atom is 0.213 e. The number of hydrogen-bond donors (Lipinski definition) is 1. The van der Waals surface area contributed by atoms with Gasteiger partial charge in [-0.25, -0.2) is 0 Å². The molecule has 4 aliphatic rings. The number of aliphatic hydroxyl groups is 1. The third kappa shape index (κ3) is 2.39. The molecule has 0 aromatic heterocycles. The van der Waals surface area contributed by atoms with Crippen molar-refractivity contribution in [1.29, 1.82) is 0 Å². The number of piperidine rings is 1. The van der Waals surface area contributed by atoms with E-state index in [4.69, 9.17) is 9.47 Å². The van der Waals surface area contributed by atoms with Crippen LogP contribution in [0.4, 0.5) is 0 Å². The molecular formula is C20H27NO3. The zero-order chi connectivity index (χ0) is 16.2. The van der Waals surface area contributed by atoms with Crippen molar-refractivity contribution in [1.82, 2.24) is 4.90 Å². The van der Waals surface area contributed by atoms with E-state index in [2.05, 4.69) is 11.0 Å². The normalized spacial score (nSPS) is 28.5. The maximum absolute atomic E-state index is 10.5. The summed E-state index contributed by atoms with van der Waals surface area (Å²) in [5, 5.41) is 10.5. The van der Waals surface area contributed by atoms with Gasteiger partial charge in [0.1, 0.15) is 5.75 Å². The van der Waals surface area contributed by atoms with Crippen LogP contribution in [0.25, 0.3) is 0 Å². The van der Waals surface area contributed by atoms with Gasteiger partial charge >= 0.3 is 0 Å². The second kappa shape index (κ2) is 5.45. The highest BCUT2D eigenvalue weighted by Crippen LogP contribution is 2.44. The van der Waals surface area contributed by atoms with Crippen LogP contribution in [-0.2, 0) is 16.9 Å². The number of hydrogen-bond acceptors (Lipinski definition) is 4. The lowest BCUT2D eigenvalue weighted by molar-refractivity contribution is -0.231. The quantitative estimate of drug-likeness (QED) is 0.904. The molecule has 5 rings (SSSR count). The Morgan fingerprint density at radius 1 is 1.04 bits per heavy atom. The summed E-state index contributed by atoms with van der Waals surface area (Å²) >= 11 is 0. The first kappa shape index (κ1) is 15.2. The standard InChI is InChI=1S/C20H27NO3/c22-19(7-2-8-19)16-5-6-18-15(13-16)14-23-20(24-18)9-11-21(12-10-20)17-3-1-4-17/h5-6,13,17,22H,1-4,7-12,14H2. The molecule has 4 nitrogen and oxygen atoms in total. The van der Waals surface area contributed by atoms with Crippen LogP contribution < -0.4 is 4.74 Å². The lowest BCUT2D eigenvalue weighted by atomic mass is 9.75. The molecule has 3 fully saturated rings. The Bertz CT molecular complexity index is 628. The van der Waals surface area contributed by atoms with Crippen molar-refractivity contribution in [3.63, 3.8) is 0 Å². The van der Waals surface area contributed by atoms with Gasteiger partial charge < -0.3 is 14.6 Å². The van der Waals surface area contributed by atoms with Gasteiger partial charge in [0, 0.05) is 37.5 Å². The number of nitrogens with zero attached hydrogens (tertiary/aromatic N) is 1. The van der Waals surface area contributed by atoms with Crippen LogP contribution >= 0.6 is 0 Å². The molecule has 0 atom stereocenters. The van der Waals surface area contributed by atoms with Gasteiger partial charge in [0.15, 0.2) is 0 Å². The molecule has 0 amide bonds. The molecule has 1 aromatic carbocycles. The highest BCUT2D eigenvalue weighted by atomic mass is 16.7. The van der Waals surface area contributed by atoms with Crippen LogP contribution in [0.15, 0.2) is 18.2 Å². The highest BCUT2D eigenvalue weighted by molar-refractivity contribution is 5.41. The smallest absolute Gasteiger partial charge is 0.213 e. The SMILES string of the molecule is OC1(c2ccc3c(c2)COC2(CCN(C4CCC4)CC2)O3)CCC1. The minimum atomic E-state index is -0.613. The molecule has 24 heavy (non-hydrogen) atoms. The van der Waals surface area contributed by atoms with Gasteiger partial charge in [-0.1, -0.05) is 12.5 Å². The fourth-order valence-corrected chi connectivity index (χ4v) is 4.55. The number of fused-ring (bicyclic) bond motifs is 1. The second-order valence-electron chi connectivity index (χ2n) is 8.13. The monoisotopic (exact) mass is 329 g/mol. The molecule has 1 N–H and O–H groups in total. The van der Waals surface area contributed by atoms with Gasteiger partial charge in [0.05, 0.1) is 12.2 Å². The number of rotatable bonds is 2. The maximum atomic E-state index is 10.5. The molecule has 2 aliphatic heterocycles. The summed E-state index contributed by atoms with van der Waals surface area (Å²) in [6, 6.07) is 6.98. The summed E-state index contributed by atoms with van der Waals surface area (Å²) in [6.45, 7) is 2.76. The number of likely N-dealkylation sites (tertiary alicyclic amines) is 1. The minimum absolute atomic E-state index is 0.428. The summed E-state index contributed by atoms with van der Waals surface area (Å²) in [5.41, 5.74) is 1.49. The van der Waals surface area contributed by atoms with E-state index in [9.17, 15) is 5.11 Å². The first-order valence-electron chi connectivity index (χ1n) is 9.59. The third-order valence-corrected chi connectivity index (χ3v) is 6.72. The fraction of sp³-hybridized carbons (Fsp3) is 0.700. The summed E-state index contributed by atoms with van der Waals surface area (Å²) in [6.07, 6.45) is 8.88. The molecule has 2 aliphatic carbocycles. The topological polar surface area (TPSA) is 41.9 Å². The van der Waals surface area contributed by atoms with Crippen molar-refractivity contribution in [2.24, 2.45) is 0 Å². The zero-order valence-electron chi connectivity index (χ0n) is 14.3. The van der Waals surface area contributed by atoms with Gasteiger partial charge in [0.25, 0.3) is 0 Å². The molecule has 4 heteroatoms. The van der Waals surface area contributed by atoms with Gasteiger partial charge in [-0.05, 0) is 49.8 Å². The second-order valence-corrected chi connectivity index (χ2v) is 8.13. The predicted molar refractivity (Wildman–Crippen MR) is 90.8 cm³/mol. The molecule has 0 bridgehead atoms. The largest absolute Gasteiger partial charge is 0.462 e. The molecule has 1 aromatic rings. The summed E-state index contributed by atoms with van der Waals surface area (Å²) in [7, 11) is 0. The van der Waals surface area contributed by atoms with Crippen LogP contribution in [0.2, 0.25) is 0 Å². The van der Waals surface area contributed by atoms with Crippen LogP contribution in [0, 0.1) is 0 Å². The molecule has 0 radical (unpaired) electrons. The lowest BCUT2D eigenvalue weighted by Crippen LogP contribution is -2.54. The molecule has 2 heterocycles. The van der Waals surface area contributed by atoms with Gasteiger partial charge in [0.2, 0.25) is 5.79 Å². The van der Waals surface area contributed by atoms with E-state index in [1.54, 1.807) is 0 Å². The Hall–Kier alpha value is -1.10. The molecule has 0 unspecified atom stereocenters. The zero-order valence-corrected chi connectivity index (χ0v) is 14.3. The van der Waals surface area contributed by atoms with Gasteiger partial charge in [-0.15, -0.1) is 0 Å². The van der Waals surface area contributed by atoms with Crippen molar-refractivity contribution in [2.45, 2.75) is 75.4 Å². The highest BCUT2D eigenvalue weighted by Gasteiger charge is 2.43. The van der Waals surface area contributed by atoms with Gasteiger partial charge in [-0.3, -0.25) is 4.90 Å². The van der Waals surface area contributed by atoms with Crippen LogP contribution in [0.5, 0.6) is 5.75 Å². The van der Waals surface area contributed by atoms with E-state index in [1.165, 1.54) is 19.3 Å². The van der Waals surface area contributed by atoms with Crippen molar-refractivity contribution in [3.8, 4) is 5.75 Å². The number of benzene rings is 1. The van der Waals surface area contributed by atoms with Crippen LogP contribution in [-0.4, -0.2) is 34.9 Å². The summed E-state index contributed by atoms with van der Waals surface area (Å²) in [5.74, 6) is 0.521. The van der Waals surface area contributed by atoms with E-state index in [0.29, 0.717) is 6.61 Å². The van der Waals surface area contributed by atoms with E-state index >= 15 is 0 Å². The van der Waals surface area contributed by atoms with Crippen molar-refractivity contribution < 1.29 is 14.6 Å². The van der Waals surface area contributed by atoms with Crippen molar-refractivity contribution in [3.05, 3.63) is 29.3 Å². The average Bonchev–Trinajstić information content (AvgIpc) is 2.53. The fourth-order valence-electron chi connectivity index (χ4n) is 4.55. The first-order chi connectivity index (χ1) is 11.7. The Morgan fingerprint density at radius 2 is 1.83 bits per heavy atom. The van der Waals surface area contributed by atoms with E-state index in [0.717, 1.165) is 68.1 Å². The predicted octanol–water partition coefficient (Wildman–Crippen LogP) is 3.31. The molecule has 1 saturated heterocycles. The Labute approximate surface area is 143 Å². The molecule has 2 saturated carbocycles. The van der Waals surface area contributed by atoms with E-state index in [-0.39, 0.29) is 0 Å². The van der Waals surface area contributed by atoms with E-state index < -0.39 is 11.4 Å². The third-order valence-electron chi connectivity index (χ3n) is 6.72. The minimum Gasteiger partial charge on any atom is -0.462 e. The number of ether oxygens (including phenoxy) is 2. The summed E-state index contributed by atoms with van der Waals surface area (Å²) < 4.78 is 12.5. The molecule has 1 spiro atoms. The Balaban J connectivity index is 1.30. The van der Waals surface area contributed by atoms with Gasteiger partial charge in [-0.2, -0.15) is 0 Å². The first-order valence-corrected chi connectivity index (χ1v) is 9.59. The van der Waals surface area contributed by atoms with Crippen molar-refractivity contribution >= 4 is 0 Å². The molecular weight excluding hydrogens is 302 g/mol. The molecule has 130 valence electrons. The Morgan fingerprint density at radius 3 is 2.46 bits per heavy atom.